The molecule has 0 atom stereocenters. The van der Waals surface area contributed by atoms with E-state index in [1.807, 2.05) is 49.3 Å². The summed E-state index contributed by atoms with van der Waals surface area (Å²) in [6, 6.07) is 20.5. The fourth-order valence-corrected chi connectivity index (χ4v) is 4.52. The van der Waals surface area contributed by atoms with Gasteiger partial charge in [-0.25, -0.2) is 4.98 Å². The molecule has 0 aliphatic carbocycles. The van der Waals surface area contributed by atoms with E-state index in [9.17, 15) is 4.79 Å². The SMILES string of the molecule is COc1ccc2cc(CN(C)CC(=O)N(C)Cc3nc4ccccc4s3)ccc2c1. The number of fused-ring (bicyclic) bond motifs is 2. The smallest absolute Gasteiger partial charge is 0.236 e. The highest BCUT2D eigenvalue weighted by atomic mass is 32.1. The van der Waals surface area contributed by atoms with Crippen molar-refractivity contribution in [1.82, 2.24) is 14.8 Å². The topological polar surface area (TPSA) is 45.7 Å². The van der Waals surface area contributed by atoms with Crippen molar-refractivity contribution in [2.75, 3.05) is 27.7 Å². The molecule has 0 aliphatic rings. The largest absolute Gasteiger partial charge is 0.497 e. The molecule has 0 saturated heterocycles. The number of nitrogens with zero attached hydrogens (tertiary/aromatic N) is 3. The normalized spacial score (nSPS) is 11.3. The maximum Gasteiger partial charge on any atom is 0.236 e. The monoisotopic (exact) mass is 419 g/mol. The molecule has 4 aromatic rings. The number of ether oxygens (including phenoxy) is 1. The van der Waals surface area contributed by atoms with Gasteiger partial charge in [-0.05, 0) is 53.7 Å². The fraction of sp³-hybridized carbons (Fsp3) is 0.250. The first kappa shape index (κ1) is 20.3. The summed E-state index contributed by atoms with van der Waals surface area (Å²) in [7, 11) is 5.49. The van der Waals surface area contributed by atoms with E-state index in [4.69, 9.17) is 4.74 Å². The molecule has 6 heteroatoms. The van der Waals surface area contributed by atoms with Crippen LogP contribution >= 0.6 is 11.3 Å². The van der Waals surface area contributed by atoms with E-state index in [0.717, 1.165) is 26.4 Å². The second-order valence-electron chi connectivity index (χ2n) is 7.54. The van der Waals surface area contributed by atoms with Gasteiger partial charge < -0.3 is 9.64 Å². The molecular formula is C24H25N3O2S. The molecule has 0 unspecified atom stereocenters. The highest BCUT2D eigenvalue weighted by Crippen LogP contribution is 2.23. The zero-order chi connectivity index (χ0) is 21.1. The van der Waals surface area contributed by atoms with Gasteiger partial charge in [-0.3, -0.25) is 9.69 Å². The van der Waals surface area contributed by atoms with E-state index in [2.05, 4.69) is 35.3 Å². The number of aromatic nitrogens is 1. The summed E-state index contributed by atoms with van der Waals surface area (Å²) in [6.45, 7) is 1.61. The van der Waals surface area contributed by atoms with E-state index in [-0.39, 0.29) is 5.91 Å². The van der Waals surface area contributed by atoms with Crippen LogP contribution in [0.25, 0.3) is 21.0 Å². The quantitative estimate of drug-likeness (QED) is 0.441. The first-order valence-corrected chi connectivity index (χ1v) is 10.7. The number of carbonyl (C=O) groups excluding carboxylic acids is 1. The van der Waals surface area contributed by atoms with Crippen LogP contribution in [0.2, 0.25) is 0 Å². The summed E-state index contributed by atoms with van der Waals surface area (Å²) in [4.78, 5) is 21.1. The third kappa shape index (κ3) is 4.61. The lowest BCUT2D eigenvalue weighted by Gasteiger charge is -2.21. The number of methoxy groups -OCH3 is 1. The van der Waals surface area contributed by atoms with Crippen LogP contribution in [0.15, 0.2) is 60.7 Å². The van der Waals surface area contributed by atoms with Gasteiger partial charge in [-0.1, -0.05) is 30.3 Å². The van der Waals surface area contributed by atoms with Crippen LogP contribution in [-0.2, 0) is 17.9 Å². The molecule has 0 radical (unpaired) electrons. The molecule has 0 bridgehead atoms. The maximum absolute atomic E-state index is 12.7. The van der Waals surface area contributed by atoms with Gasteiger partial charge in [0.25, 0.3) is 0 Å². The lowest BCUT2D eigenvalue weighted by Crippen LogP contribution is -2.36. The summed E-state index contributed by atoms with van der Waals surface area (Å²) in [5, 5.41) is 3.27. The third-order valence-corrected chi connectivity index (χ3v) is 6.13. The summed E-state index contributed by atoms with van der Waals surface area (Å²) < 4.78 is 6.44. The Morgan fingerprint density at radius 2 is 1.77 bits per heavy atom. The molecule has 0 aliphatic heterocycles. The summed E-state index contributed by atoms with van der Waals surface area (Å²) in [5.41, 5.74) is 2.17. The molecule has 154 valence electrons. The Hall–Kier alpha value is -2.96. The van der Waals surface area contributed by atoms with Gasteiger partial charge in [0.1, 0.15) is 10.8 Å². The van der Waals surface area contributed by atoms with Crippen molar-refractivity contribution in [2.24, 2.45) is 0 Å². The number of carbonyl (C=O) groups is 1. The molecule has 0 saturated carbocycles. The Labute approximate surface area is 180 Å². The number of benzene rings is 3. The van der Waals surface area contributed by atoms with Crippen molar-refractivity contribution in [3.63, 3.8) is 0 Å². The Balaban J connectivity index is 1.36. The molecule has 3 aromatic carbocycles. The van der Waals surface area contributed by atoms with Crippen molar-refractivity contribution in [1.29, 1.82) is 0 Å². The zero-order valence-corrected chi connectivity index (χ0v) is 18.3. The first-order chi connectivity index (χ1) is 14.5. The number of likely N-dealkylation sites (N-methyl/N-ethyl adjacent to an activating group) is 2. The molecular weight excluding hydrogens is 394 g/mol. The Kier molecular flexibility index (Phi) is 5.97. The van der Waals surface area contributed by atoms with E-state index < -0.39 is 0 Å². The Morgan fingerprint density at radius 1 is 1.00 bits per heavy atom. The van der Waals surface area contributed by atoms with E-state index in [1.54, 1.807) is 23.3 Å². The minimum absolute atomic E-state index is 0.0854. The van der Waals surface area contributed by atoms with Crippen LogP contribution in [-0.4, -0.2) is 48.4 Å². The Bertz CT molecular complexity index is 1150. The van der Waals surface area contributed by atoms with Gasteiger partial charge in [-0.2, -0.15) is 0 Å². The molecule has 30 heavy (non-hydrogen) atoms. The van der Waals surface area contributed by atoms with Crippen molar-refractivity contribution >= 4 is 38.2 Å². The number of hydrogen-bond acceptors (Lipinski definition) is 5. The number of para-hydroxylation sites is 1. The van der Waals surface area contributed by atoms with E-state index >= 15 is 0 Å². The molecule has 1 amide bonds. The van der Waals surface area contributed by atoms with Gasteiger partial charge >= 0.3 is 0 Å². The van der Waals surface area contributed by atoms with Gasteiger partial charge in [-0.15, -0.1) is 11.3 Å². The number of amides is 1. The van der Waals surface area contributed by atoms with Crippen LogP contribution in [0, 0.1) is 0 Å². The molecule has 1 heterocycles. The van der Waals surface area contributed by atoms with Gasteiger partial charge in [0.2, 0.25) is 5.91 Å². The van der Waals surface area contributed by atoms with Crippen molar-refractivity contribution in [2.45, 2.75) is 13.1 Å². The minimum atomic E-state index is 0.0854. The average molecular weight is 420 g/mol. The summed E-state index contributed by atoms with van der Waals surface area (Å²) in [5.74, 6) is 0.941. The van der Waals surface area contributed by atoms with Crippen LogP contribution in [0.1, 0.15) is 10.6 Å². The minimum Gasteiger partial charge on any atom is -0.497 e. The molecule has 0 spiro atoms. The standard InChI is InChI=1S/C24H25N3O2S/c1-26(14-17-8-9-19-13-20(29-3)11-10-18(19)12-17)16-24(28)27(2)15-23-25-21-6-4-5-7-22(21)30-23/h4-13H,14-16H2,1-3H3. The van der Waals surface area contributed by atoms with Crippen LogP contribution in [0.3, 0.4) is 0 Å². The number of thiazole rings is 1. The van der Waals surface area contributed by atoms with Crippen molar-refractivity contribution in [3.8, 4) is 5.75 Å². The van der Waals surface area contributed by atoms with Crippen molar-refractivity contribution in [3.05, 3.63) is 71.2 Å². The Morgan fingerprint density at radius 3 is 2.57 bits per heavy atom. The molecule has 0 N–H and O–H groups in total. The fourth-order valence-electron chi connectivity index (χ4n) is 3.50. The van der Waals surface area contributed by atoms with Gasteiger partial charge in [0.05, 0.1) is 30.4 Å². The molecule has 5 nitrogen and oxygen atoms in total. The second-order valence-corrected chi connectivity index (χ2v) is 8.66. The average Bonchev–Trinajstić information content (AvgIpc) is 3.15. The van der Waals surface area contributed by atoms with Gasteiger partial charge in [0, 0.05) is 13.6 Å². The number of hydrogen-bond donors (Lipinski definition) is 0. The van der Waals surface area contributed by atoms with Crippen LogP contribution in [0.4, 0.5) is 0 Å². The third-order valence-electron chi connectivity index (χ3n) is 5.11. The first-order valence-electron chi connectivity index (χ1n) is 9.85. The van der Waals surface area contributed by atoms with Crippen molar-refractivity contribution < 1.29 is 9.53 Å². The predicted molar refractivity (Wildman–Crippen MR) is 123 cm³/mol. The summed E-state index contributed by atoms with van der Waals surface area (Å²) >= 11 is 1.64. The predicted octanol–water partition coefficient (Wildman–Crippen LogP) is 4.55. The van der Waals surface area contributed by atoms with Crippen LogP contribution in [0.5, 0.6) is 5.75 Å². The molecule has 4 rings (SSSR count). The van der Waals surface area contributed by atoms with E-state index in [0.29, 0.717) is 19.6 Å². The highest BCUT2D eigenvalue weighted by Gasteiger charge is 2.14. The molecule has 1 aromatic heterocycles. The second kappa shape index (κ2) is 8.81. The van der Waals surface area contributed by atoms with Crippen LogP contribution < -0.4 is 4.74 Å². The number of rotatable bonds is 7. The van der Waals surface area contributed by atoms with Gasteiger partial charge in [0.15, 0.2) is 0 Å². The van der Waals surface area contributed by atoms with E-state index in [1.165, 1.54) is 10.9 Å². The lowest BCUT2D eigenvalue weighted by atomic mass is 10.1. The lowest BCUT2D eigenvalue weighted by molar-refractivity contribution is -0.131. The summed E-state index contributed by atoms with van der Waals surface area (Å²) in [6.07, 6.45) is 0. The maximum atomic E-state index is 12.7. The highest BCUT2D eigenvalue weighted by molar-refractivity contribution is 7.18. The molecule has 0 fully saturated rings. The zero-order valence-electron chi connectivity index (χ0n) is 17.5.